The Balaban J connectivity index is 1.75. The topological polar surface area (TPSA) is 96.4 Å². The van der Waals surface area contributed by atoms with Crippen molar-refractivity contribution in [2.75, 3.05) is 26.3 Å². The standard InChI is InChI=1S/C34H48N2O6/c1-6-9-11-15-20-41-32(40)28-27-30(38)36(26(23-37)21-25-16-13-12-14-17-25)29(31(39)35(18-8-3)19-10-7-2)34(27)22-24(4)33(28,5)42-34/h6,8,12-14,16-17,24,26-29,37H,1,3,7,9-11,15,18-23H2,2,4-5H3/t24?,26-,27+,28-,29?,33+,34?/m1/s1. The van der Waals surface area contributed by atoms with Crippen molar-refractivity contribution in [3.63, 3.8) is 0 Å². The molecule has 3 fully saturated rings. The van der Waals surface area contributed by atoms with E-state index in [2.05, 4.69) is 20.1 Å². The van der Waals surface area contributed by atoms with Gasteiger partial charge in [0, 0.05) is 13.1 Å². The molecule has 8 heteroatoms. The van der Waals surface area contributed by atoms with Gasteiger partial charge in [0.1, 0.15) is 17.6 Å². The van der Waals surface area contributed by atoms with Gasteiger partial charge in [0.2, 0.25) is 11.8 Å². The van der Waals surface area contributed by atoms with Crippen LogP contribution in [-0.4, -0.2) is 82.3 Å². The Kier molecular flexibility index (Phi) is 10.3. The van der Waals surface area contributed by atoms with E-state index in [4.69, 9.17) is 9.47 Å². The first-order valence-electron chi connectivity index (χ1n) is 15.5. The number of aliphatic hydroxyl groups is 1. The lowest BCUT2D eigenvalue weighted by molar-refractivity contribution is -0.163. The Labute approximate surface area is 250 Å². The van der Waals surface area contributed by atoms with Crippen LogP contribution < -0.4 is 0 Å². The molecule has 3 aliphatic rings. The molecule has 1 aromatic rings. The van der Waals surface area contributed by atoms with E-state index in [1.165, 1.54) is 0 Å². The number of nitrogens with zero attached hydrogens (tertiary/aromatic N) is 2. The quantitative estimate of drug-likeness (QED) is 0.178. The molecule has 2 amide bonds. The van der Waals surface area contributed by atoms with Gasteiger partial charge in [0.25, 0.3) is 0 Å². The van der Waals surface area contributed by atoms with E-state index in [-0.39, 0.29) is 30.9 Å². The van der Waals surface area contributed by atoms with E-state index in [9.17, 15) is 19.5 Å². The first-order chi connectivity index (χ1) is 20.2. The molecule has 7 atom stereocenters. The number of carbonyl (C=O) groups excluding carboxylic acids is 3. The maximum absolute atomic E-state index is 14.6. The maximum atomic E-state index is 14.6. The van der Waals surface area contributed by atoms with Gasteiger partial charge in [-0.1, -0.05) is 62.8 Å². The summed E-state index contributed by atoms with van der Waals surface area (Å²) in [4.78, 5) is 46.2. The predicted molar refractivity (Wildman–Crippen MR) is 161 cm³/mol. The van der Waals surface area contributed by atoms with Crippen molar-refractivity contribution in [1.29, 1.82) is 0 Å². The van der Waals surface area contributed by atoms with Crippen molar-refractivity contribution in [3.8, 4) is 0 Å². The molecule has 0 saturated carbocycles. The zero-order valence-electron chi connectivity index (χ0n) is 25.5. The number of benzene rings is 1. The molecule has 1 aromatic carbocycles. The Morgan fingerprint density at radius 2 is 1.95 bits per heavy atom. The van der Waals surface area contributed by atoms with Gasteiger partial charge in [-0.25, -0.2) is 0 Å². The van der Waals surface area contributed by atoms with Gasteiger partial charge < -0.3 is 24.4 Å². The highest BCUT2D eigenvalue weighted by Crippen LogP contribution is 2.65. The number of unbranched alkanes of at least 4 members (excludes halogenated alkanes) is 3. The molecule has 3 aliphatic heterocycles. The number of hydrogen-bond donors (Lipinski definition) is 1. The number of amides is 2. The van der Waals surface area contributed by atoms with Crippen molar-refractivity contribution in [2.45, 2.75) is 89.0 Å². The molecular formula is C34H48N2O6. The summed E-state index contributed by atoms with van der Waals surface area (Å²) in [6.07, 6.45) is 8.48. The van der Waals surface area contributed by atoms with Crippen molar-refractivity contribution < 1.29 is 29.0 Å². The van der Waals surface area contributed by atoms with E-state index in [1.54, 1.807) is 15.9 Å². The average molecular weight is 581 g/mol. The van der Waals surface area contributed by atoms with E-state index in [1.807, 2.05) is 50.3 Å². The van der Waals surface area contributed by atoms with Crippen LogP contribution in [0.3, 0.4) is 0 Å². The highest BCUT2D eigenvalue weighted by atomic mass is 16.6. The molecule has 0 aromatic heterocycles. The minimum atomic E-state index is -1.19. The summed E-state index contributed by atoms with van der Waals surface area (Å²) in [5.74, 6) is -2.78. The van der Waals surface area contributed by atoms with E-state index < -0.39 is 41.1 Å². The summed E-state index contributed by atoms with van der Waals surface area (Å²) in [5, 5.41) is 10.7. The Hall–Kier alpha value is -2.97. The molecule has 4 rings (SSSR count). The smallest absolute Gasteiger partial charge is 0.312 e. The Morgan fingerprint density at radius 1 is 1.21 bits per heavy atom. The van der Waals surface area contributed by atoms with Crippen LogP contribution in [0.1, 0.15) is 64.9 Å². The third-order valence-corrected chi connectivity index (χ3v) is 9.65. The lowest BCUT2D eigenvalue weighted by Crippen LogP contribution is -2.59. The Morgan fingerprint density at radius 3 is 2.60 bits per heavy atom. The summed E-state index contributed by atoms with van der Waals surface area (Å²) in [6.45, 7) is 14.4. The number of carbonyl (C=O) groups is 3. The van der Waals surface area contributed by atoms with Crippen molar-refractivity contribution in [3.05, 3.63) is 61.2 Å². The van der Waals surface area contributed by atoms with Crippen molar-refractivity contribution >= 4 is 17.8 Å². The molecule has 2 bridgehead atoms. The first kappa shape index (κ1) is 32.0. The van der Waals surface area contributed by atoms with Gasteiger partial charge in [-0.3, -0.25) is 14.4 Å². The van der Waals surface area contributed by atoms with E-state index >= 15 is 0 Å². The van der Waals surface area contributed by atoms with Crippen LogP contribution in [0.4, 0.5) is 0 Å². The number of rotatable bonds is 16. The van der Waals surface area contributed by atoms with Crippen LogP contribution in [0.15, 0.2) is 55.6 Å². The second-order valence-corrected chi connectivity index (χ2v) is 12.4. The normalized spacial score (nSPS) is 30.2. The van der Waals surface area contributed by atoms with Crippen LogP contribution in [-0.2, 0) is 30.3 Å². The number of aliphatic hydroxyl groups excluding tert-OH is 1. The maximum Gasteiger partial charge on any atom is 0.312 e. The third-order valence-electron chi connectivity index (χ3n) is 9.65. The van der Waals surface area contributed by atoms with Crippen LogP contribution in [0.25, 0.3) is 0 Å². The molecule has 42 heavy (non-hydrogen) atoms. The summed E-state index contributed by atoms with van der Waals surface area (Å²) in [7, 11) is 0. The number of likely N-dealkylation sites (tertiary alicyclic amines) is 1. The third kappa shape index (κ3) is 5.68. The molecule has 3 heterocycles. The number of hydrogen-bond acceptors (Lipinski definition) is 6. The van der Waals surface area contributed by atoms with Crippen molar-refractivity contribution in [2.24, 2.45) is 17.8 Å². The predicted octanol–water partition coefficient (Wildman–Crippen LogP) is 4.31. The zero-order chi connectivity index (χ0) is 30.5. The molecule has 1 spiro atoms. The minimum absolute atomic E-state index is 0.0830. The fourth-order valence-corrected chi connectivity index (χ4v) is 7.47. The van der Waals surface area contributed by atoms with Crippen LogP contribution in [0.5, 0.6) is 0 Å². The number of esters is 1. The second kappa shape index (κ2) is 13.6. The van der Waals surface area contributed by atoms with Gasteiger partial charge in [0.05, 0.1) is 30.8 Å². The molecule has 8 nitrogen and oxygen atoms in total. The average Bonchev–Trinajstić information content (AvgIpc) is 3.50. The van der Waals surface area contributed by atoms with Crippen LogP contribution in [0.2, 0.25) is 0 Å². The number of fused-ring (bicyclic) bond motifs is 1. The van der Waals surface area contributed by atoms with Gasteiger partial charge in [-0.05, 0) is 56.9 Å². The van der Waals surface area contributed by atoms with Gasteiger partial charge in [-0.2, -0.15) is 0 Å². The van der Waals surface area contributed by atoms with Crippen LogP contribution >= 0.6 is 0 Å². The minimum Gasteiger partial charge on any atom is -0.465 e. The van der Waals surface area contributed by atoms with Gasteiger partial charge in [0.15, 0.2) is 0 Å². The lowest BCUT2D eigenvalue weighted by atomic mass is 9.62. The highest BCUT2D eigenvalue weighted by molar-refractivity contribution is 5.98. The van der Waals surface area contributed by atoms with Crippen molar-refractivity contribution in [1.82, 2.24) is 9.80 Å². The Bertz CT molecular complexity index is 1140. The zero-order valence-corrected chi connectivity index (χ0v) is 25.5. The lowest BCUT2D eigenvalue weighted by Gasteiger charge is -2.39. The fraction of sp³-hybridized carbons (Fsp3) is 0.618. The first-order valence-corrected chi connectivity index (χ1v) is 15.5. The van der Waals surface area contributed by atoms with Crippen LogP contribution in [0, 0.1) is 17.8 Å². The number of allylic oxidation sites excluding steroid dienone is 1. The number of ether oxygens (including phenoxy) is 2. The van der Waals surface area contributed by atoms with Gasteiger partial charge in [-0.15, -0.1) is 13.2 Å². The molecule has 0 aliphatic carbocycles. The van der Waals surface area contributed by atoms with E-state index in [0.29, 0.717) is 32.4 Å². The second-order valence-electron chi connectivity index (χ2n) is 12.4. The van der Waals surface area contributed by atoms with Gasteiger partial charge >= 0.3 is 5.97 Å². The molecule has 230 valence electrons. The molecular weight excluding hydrogens is 532 g/mol. The fourth-order valence-electron chi connectivity index (χ4n) is 7.47. The summed E-state index contributed by atoms with van der Waals surface area (Å²) in [6, 6.07) is 8.00. The largest absolute Gasteiger partial charge is 0.465 e. The summed E-state index contributed by atoms with van der Waals surface area (Å²) in [5.41, 5.74) is -1.19. The molecule has 0 radical (unpaired) electrons. The molecule has 3 unspecified atom stereocenters. The summed E-state index contributed by atoms with van der Waals surface area (Å²) >= 11 is 0. The molecule has 3 saturated heterocycles. The molecule has 1 N–H and O–H groups in total. The monoisotopic (exact) mass is 580 g/mol. The highest BCUT2D eigenvalue weighted by Gasteiger charge is 2.80. The SMILES string of the molecule is C=CCCCCOC(=O)[C@H]1[C@H]2C(=O)N([C@@H](CO)Cc3ccccc3)C(C(=O)N(CC=C)CCCC)C23CC(C)[C@]1(C)O3. The summed E-state index contributed by atoms with van der Waals surface area (Å²) < 4.78 is 12.6. The van der Waals surface area contributed by atoms with E-state index in [0.717, 1.165) is 31.2 Å².